The first-order valence-corrected chi connectivity index (χ1v) is 12.0. The molecule has 2 aliphatic rings. The van der Waals surface area contributed by atoms with Crippen LogP contribution in [0.2, 0.25) is 0 Å². The van der Waals surface area contributed by atoms with Crippen molar-refractivity contribution in [1.29, 1.82) is 5.26 Å². The van der Waals surface area contributed by atoms with Crippen molar-refractivity contribution in [2.24, 2.45) is 0 Å². The summed E-state index contributed by atoms with van der Waals surface area (Å²) < 4.78 is 0. The number of hydrogen-bond acceptors (Lipinski definition) is 3. The van der Waals surface area contributed by atoms with Crippen LogP contribution < -0.4 is 4.90 Å². The molecule has 2 atom stereocenters. The summed E-state index contributed by atoms with van der Waals surface area (Å²) in [5.74, 6) is -0.770. The smallest absolute Gasteiger partial charge is 0.346 e. The van der Waals surface area contributed by atoms with Gasteiger partial charge in [0.2, 0.25) is 0 Å². The average Bonchev–Trinajstić information content (AvgIpc) is 3.47. The predicted octanol–water partition coefficient (Wildman–Crippen LogP) is 7.37. The summed E-state index contributed by atoms with van der Waals surface area (Å²) in [6, 6.07) is 25.6. The number of benzene rings is 3. The largest absolute Gasteiger partial charge is 0.477 e. The molecule has 1 aliphatic heterocycles. The Kier molecular flexibility index (Phi) is 6.25. The molecule has 0 spiro atoms. The third-order valence-electron chi connectivity index (χ3n) is 7.05. The highest BCUT2D eigenvalue weighted by molar-refractivity contribution is 5.96. The Morgan fingerprint density at radius 3 is 2.34 bits per heavy atom. The van der Waals surface area contributed by atoms with Gasteiger partial charge in [0.05, 0.1) is 0 Å². The number of anilines is 2. The van der Waals surface area contributed by atoms with E-state index in [1.807, 2.05) is 25.5 Å². The van der Waals surface area contributed by atoms with Gasteiger partial charge in [0.1, 0.15) is 11.6 Å². The Hall–Kier alpha value is -4.10. The molecule has 1 heterocycles. The lowest BCUT2D eigenvalue weighted by Crippen LogP contribution is -2.26. The molecule has 0 amide bonds. The topological polar surface area (TPSA) is 64.3 Å². The fourth-order valence-electron chi connectivity index (χ4n) is 5.42. The van der Waals surface area contributed by atoms with Gasteiger partial charge in [0.25, 0.3) is 0 Å². The SMILES string of the molecule is C[CH]C=Cc1ccc(-c2ccc(N3c4ccc(/C=C(\C#N)C(=O)O)cc4C4CCCC43)cc2)cc1. The van der Waals surface area contributed by atoms with Gasteiger partial charge >= 0.3 is 5.97 Å². The van der Waals surface area contributed by atoms with E-state index >= 15 is 0 Å². The summed E-state index contributed by atoms with van der Waals surface area (Å²) >= 11 is 0. The Morgan fingerprint density at radius 2 is 1.69 bits per heavy atom. The molecule has 1 aliphatic carbocycles. The Balaban J connectivity index is 1.44. The van der Waals surface area contributed by atoms with E-state index in [1.54, 1.807) is 6.07 Å². The van der Waals surface area contributed by atoms with Crippen LogP contribution >= 0.6 is 0 Å². The molecule has 0 bridgehead atoms. The maximum absolute atomic E-state index is 11.3. The maximum Gasteiger partial charge on any atom is 0.346 e. The van der Waals surface area contributed by atoms with Crippen LogP contribution in [0.1, 0.15) is 48.8 Å². The molecule has 4 nitrogen and oxygen atoms in total. The Bertz CT molecular complexity index is 1340. The van der Waals surface area contributed by atoms with Gasteiger partial charge in [0.15, 0.2) is 0 Å². The molecule has 3 aromatic rings. The summed E-state index contributed by atoms with van der Waals surface area (Å²) in [7, 11) is 0. The highest BCUT2D eigenvalue weighted by atomic mass is 16.4. The number of nitrogens with zero attached hydrogens (tertiary/aromatic N) is 2. The molecule has 35 heavy (non-hydrogen) atoms. The van der Waals surface area contributed by atoms with Crippen LogP contribution in [0.4, 0.5) is 11.4 Å². The molecule has 5 rings (SSSR count). The van der Waals surface area contributed by atoms with Crippen LogP contribution in [-0.4, -0.2) is 17.1 Å². The first-order chi connectivity index (χ1) is 17.1. The number of carboxylic acids is 1. The molecule has 2 unspecified atom stereocenters. The molecule has 1 fully saturated rings. The fraction of sp³-hybridized carbons (Fsp3) is 0.194. The number of allylic oxidation sites excluding steroid dienone is 1. The molecule has 1 N–H and O–H groups in total. The molecule has 1 saturated carbocycles. The standard InChI is InChI=1S/C31H27N2O2/c1-2-3-5-21-8-11-23(12-9-21)24-13-15-26(16-14-24)33-29-7-4-6-27(29)28-19-22(10-17-30(28)33)18-25(20-32)31(34)35/h2-3,5,8-19,27,29H,4,6-7H2,1H3,(H,34,35)/b5-3?,25-18+. The van der Waals surface area contributed by atoms with Gasteiger partial charge < -0.3 is 10.0 Å². The van der Waals surface area contributed by atoms with Crippen LogP contribution in [0.3, 0.4) is 0 Å². The maximum atomic E-state index is 11.3. The van der Waals surface area contributed by atoms with Crippen molar-refractivity contribution in [3.63, 3.8) is 0 Å². The van der Waals surface area contributed by atoms with Gasteiger partial charge in [0, 0.05) is 23.3 Å². The number of carboxylic acid groups (broad SMARTS) is 1. The first kappa shape index (κ1) is 22.7. The number of aliphatic carboxylic acids is 1. The van der Waals surface area contributed by atoms with Crippen molar-refractivity contribution >= 4 is 29.5 Å². The summed E-state index contributed by atoms with van der Waals surface area (Å²) in [5.41, 5.74) is 7.69. The molecule has 0 saturated heterocycles. The van der Waals surface area contributed by atoms with Crippen LogP contribution in [0.5, 0.6) is 0 Å². The molecule has 3 aromatic carbocycles. The van der Waals surface area contributed by atoms with Gasteiger partial charge in [-0.15, -0.1) is 0 Å². The lowest BCUT2D eigenvalue weighted by Gasteiger charge is -2.27. The number of fused-ring (bicyclic) bond motifs is 3. The second-order valence-electron chi connectivity index (χ2n) is 9.13. The number of hydrogen-bond donors (Lipinski definition) is 1. The molecule has 1 radical (unpaired) electrons. The first-order valence-electron chi connectivity index (χ1n) is 12.0. The highest BCUT2D eigenvalue weighted by Gasteiger charge is 2.42. The average molecular weight is 460 g/mol. The minimum Gasteiger partial charge on any atom is -0.477 e. The van der Waals surface area contributed by atoms with Gasteiger partial charge in [-0.3, -0.25) is 0 Å². The van der Waals surface area contributed by atoms with Crippen molar-refractivity contribution in [3.8, 4) is 17.2 Å². The van der Waals surface area contributed by atoms with E-state index in [1.165, 1.54) is 46.1 Å². The minimum absolute atomic E-state index is 0.244. The van der Waals surface area contributed by atoms with Crippen molar-refractivity contribution < 1.29 is 9.90 Å². The Labute approximate surface area is 206 Å². The number of carbonyl (C=O) groups is 1. The van der Waals surface area contributed by atoms with Crippen LogP contribution in [-0.2, 0) is 4.79 Å². The van der Waals surface area contributed by atoms with Crippen molar-refractivity contribution in [3.05, 3.63) is 101 Å². The minimum atomic E-state index is -1.20. The molecular weight excluding hydrogens is 432 g/mol. The zero-order valence-corrected chi connectivity index (χ0v) is 19.7. The van der Waals surface area contributed by atoms with E-state index in [-0.39, 0.29) is 5.57 Å². The molecule has 4 heteroatoms. The molecular formula is C31H27N2O2. The summed E-state index contributed by atoms with van der Waals surface area (Å²) in [4.78, 5) is 13.7. The zero-order valence-electron chi connectivity index (χ0n) is 19.7. The van der Waals surface area contributed by atoms with Crippen molar-refractivity contribution in [1.82, 2.24) is 0 Å². The fourth-order valence-corrected chi connectivity index (χ4v) is 5.42. The lowest BCUT2D eigenvalue weighted by atomic mass is 9.95. The number of rotatable bonds is 6. The van der Waals surface area contributed by atoms with E-state index in [2.05, 4.69) is 71.6 Å². The van der Waals surface area contributed by atoms with Gasteiger partial charge in [-0.2, -0.15) is 5.26 Å². The third-order valence-corrected chi connectivity index (χ3v) is 7.05. The van der Waals surface area contributed by atoms with E-state index in [0.717, 1.165) is 18.4 Å². The summed E-state index contributed by atoms with van der Waals surface area (Å²) in [5, 5.41) is 18.4. The lowest BCUT2D eigenvalue weighted by molar-refractivity contribution is -0.132. The van der Waals surface area contributed by atoms with E-state index < -0.39 is 5.97 Å². The normalized spacial score (nSPS) is 19.0. The molecule has 173 valence electrons. The van der Waals surface area contributed by atoms with Crippen LogP contribution in [0.15, 0.2) is 78.4 Å². The Morgan fingerprint density at radius 1 is 1.00 bits per heavy atom. The van der Waals surface area contributed by atoms with Crippen LogP contribution in [0, 0.1) is 17.8 Å². The van der Waals surface area contributed by atoms with Crippen molar-refractivity contribution in [2.45, 2.75) is 38.1 Å². The monoisotopic (exact) mass is 459 g/mol. The van der Waals surface area contributed by atoms with Gasteiger partial charge in [-0.1, -0.05) is 68.0 Å². The second kappa shape index (κ2) is 9.64. The number of nitriles is 1. The third kappa shape index (κ3) is 4.38. The van der Waals surface area contributed by atoms with Gasteiger partial charge in [-0.05, 0) is 77.4 Å². The summed E-state index contributed by atoms with van der Waals surface area (Å²) in [6.45, 7) is 2.01. The highest BCUT2D eigenvalue weighted by Crippen LogP contribution is 2.52. The quantitative estimate of drug-likeness (QED) is 0.309. The van der Waals surface area contributed by atoms with Crippen molar-refractivity contribution in [2.75, 3.05) is 4.90 Å². The molecule has 0 aromatic heterocycles. The predicted molar refractivity (Wildman–Crippen MR) is 141 cm³/mol. The van der Waals surface area contributed by atoms with Crippen LogP contribution in [0.25, 0.3) is 23.3 Å². The van der Waals surface area contributed by atoms with E-state index in [9.17, 15) is 9.90 Å². The zero-order chi connectivity index (χ0) is 24.4. The van der Waals surface area contributed by atoms with Gasteiger partial charge in [-0.25, -0.2) is 4.79 Å². The van der Waals surface area contributed by atoms with E-state index in [0.29, 0.717) is 12.0 Å². The summed E-state index contributed by atoms with van der Waals surface area (Å²) in [6.07, 6.45) is 11.1. The van der Waals surface area contributed by atoms with E-state index in [4.69, 9.17) is 5.26 Å². The second-order valence-corrected chi connectivity index (χ2v) is 9.13.